The van der Waals surface area contributed by atoms with E-state index >= 15 is 0 Å². The zero-order valence-electron chi connectivity index (χ0n) is 14.5. The Hall–Kier alpha value is -1.72. The topological polar surface area (TPSA) is 36.4 Å². The minimum absolute atomic E-state index is 0.220. The van der Waals surface area contributed by atoms with Gasteiger partial charge in [0.2, 0.25) is 5.91 Å². The van der Waals surface area contributed by atoms with E-state index in [1.54, 1.807) is 11.3 Å². The van der Waals surface area contributed by atoms with Gasteiger partial charge in [0.25, 0.3) is 0 Å². The van der Waals surface area contributed by atoms with E-state index in [1.165, 1.54) is 16.7 Å². The molecule has 1 aliphatic heterocycles. The number of aromatic nitrogens is 1. The predicted molar refractivity (Wildman–Crippen MR) is 98.0 cm³/mol. The van der Waals surface area contributed by atoms with Crippen molar-refractivity contribution in [2.45, 2.75) is 39.8 Å². The van der Waals surface area contributed by atoms with E-state index in [1.807, 2.05) is 34.8 Å². The Morgan fingerprint density at radius 1 is 1.33 bits per heavy atom. The molecule has 2 aromatic rings. The summed E-state index contributed by atoms with van der Waals surface area (Å²) in [5, 5.41) is 2.03. The minimum atomic E-state index is 0.220. The molecule has 0 aliphatic carbocycles. The molecule has 0 radical (unpaired) electrons. The molecule has 0 atom stereocenters. The number of nitrogens with zero attached hydrogens (tertiary/aromatic N) is 3. The zero-order valence-corrected chi connectivity index (χ0v) is 15.3. The van der Waals surface area contributed by atoms with Crippen LogP contribution in [-0.2, 0) is 30.7 Å². The van der Waals surface area contributed by atoms with Crippen LogP contribution in [0.15, 0.2) is 29.9 Å². The van der Waals surface area contributed by atoms with Crippen molar-refractivity contribution in [1.29, 1.82) is 0 Å². The lowest BCUT2D eigenvalue weighted by atomic mass is 9.96. The van der Waals surface area contributed by atoms with Gasteiger partial charge in [-0.25, -0.2) is 0 Å². The van der Waals surface area contributed by atoms with Gasteiger partial charge in [0.15, 0.2) is 0 Å². The number of carbonyl (C=O) groups is 1. The number of amides is 1. The molecule has 1 aliphatic rings. The Balaban J connectivity index is 1.71. The van der Waals surface area contributed by atoms with Gasteiger partial charge in [-0.15, -0.1) is 11.3 Å². The van der Waals surface area contributed by atoms with Gasteiger partial charge in [-0.1, -0.05) is 19.9 Å². The quantitative estimate of drug-likeness (QED) is 0.809. The third-order valence-electron chi connectivity index (χ3n) is 4.78. The molecule has 2 aromatic heterocycles. The van der Waals surface area contributed by atoms with E-state index < -0.39 is 0 Å². The SMILES string of the molecule is CCN(CC)Cc1cncc2c1CCN(C(=O)Cc1cccs1)C2. The normalized spacial score (nSPS) is 14.0. The van der Waals surface area contributed by atoms with Gasteiger partial charge in [-0.2, -0.15) is 0 Å². The van der Waals surface area contributed by atoms with Crippen molar-refractivity contribution in [3.8, 4) is 0 Å². The summed E-state index contributed by atoms with van der Waals surface area (Å²) in [5.74, 6) is 0.220. The zero-order chi connectivity index (χ0) is 16.9. The van der Waals surface area contributed by atoms with Crippen molar-refractivity contribution in [3.05, 3.63) is 51.5 Å². The minimum Gasteiger partial charge on any atom is -0.338 e. The molecule has 0 aromatic carbocycles. The summed E-state index contributed by atoms with van der Waals surface area (Å²) in [4.78, 5) is 22.5. The van der Waals surface area contributed by atoms with E-state index in [2.05, 4.69) is 23.7 Å². The van der Waals surface area contributed by atoms with Crippen LogP contribution in [0.3, 0.4) is 0 Å². The summed E-state index contributed by atoms with van der Waals surface area (Å²) in [6.45, 7) is 8.93. The average Bonchev–Trinajstić information content (AvgIpc) is 3.12. The summed E-state index contributed by atoms with van der Waals surface area (Å²) >= 11 is 1.65. The average molecular weight is 343 g/mol. The van der Waals surface area contributed by atoms with Crippen molar-refractivity contribution in [2.24, 2.45) is 0 Å². The molecule has 3 heterocycles. The highest BCUT2D eigenvalue weighted by Gasteiger charge is 2.23. The second kappa shape index (κ2) is 7.90. The van der Waals surface area contributed by atoms with Crippen LogP contribution in [0.2, 0.25) is 0 Å². The number of thiophene rings is 1. The van der Waals surface area contributed by atoms with Crippen molar-refractivity contribution >= 4 is 17.2 Å². The molecule has 5 heteroatoms. The largest absolute Gasteiger partial charge is 0.338 e. The van der Waals surface area contributed by atoms with E-state index in [4.69, 9.17) is 0 Å². The number of pyridine rings is 1. The van der Waals surface area contributed by atoms with Crippen molar-refractivity contribution in [1.82, 2.24) is 14.8 Å². The fourth-order valence-electron chi connectivity index (χ4n) is 3.28. The molecule has 24 heavy (non-hydrogen) atoms. The third kappa shape index (κ3) is 3.84. The Morgan fingerprint density at radius 3 is 2.88 bits per heavy atom. The van der Waals surface area contributed by atoms with Crippen molar-refractivity contribution < 1.29 is 4.79 Å². The highest BCUT2D eigenvalue weighted by atomic mass is 32.1. The number of fused-ring (bicyclic) bond motifs is 1. The molecule has 0 saturated heterocycles. The van der Waals surface area contributed by atoms with Crippen LogP contribution in [-0.4, -0.2) is 40.3 Å². The lowest BCUT2D eigenvalue weighted by Crippen LogP contribution is -2.37. The fourth-order valence-corrected chi connectivity index (χ4v) is 3.98. The van der Waals surface area contributed by atoms with Gasteiger partial charge in [0.05, 0.1) is 6.42 Å². The van der Waals surface area contributed by atoms with Gasteiger partial charge in [-0.05, 0) is 47.6 Å². The molecule has 0 N–H and O–H groups in total. The second-order valence-electron chi connectivity index (χ2n) is 6.22. The molecule has 0 unspecified atom stereocenters. The molecule has 4 nitrogen and oxygen atoms in total. The molecule has 0 saturated carbocycles. The van der Waals surface area contributed by atoms with Crippen LogP contribution >= 0.6 is 11.3 Å². The Morgan fingerprint density at radius 2 is 2.17 bits per heavy atom. The summed E-state index contributed by atoms with van der Waals surface area (Å²) in [7, 11) is 0. The summed E-state index contributed by atoms with van der Waals surface area (Å²) in [6.07, 6.45) is 5.39. The first-order valence-electron chi connectivity index (χ1n) is 8.68. The number of hydrogen-bond donors (Lipinski definition) is 0. The lowest BCUT2D eigenvalue weighted by molar-refractivity contribution is -0.131. The summed E-state index contributed by atoms with van der Waals surface area (Å²) in [5.41, 5.74) is 3.93. The Bertz CT molecular complexity index is 680. The molecule has 1 amide bonds. The monoisotopic (exact) mass is 343 g/mol. The van der Waals surface area contributed by atoms with E-state index in [0.29, 0.717) is 13.0 Å². The molecule has 128 valence electrons. The van der Waals surface area contributed by atoms with Crippen LogP contribution in [0.4, 0.5) is 0 Å². The van der Waals surface area contributed by atoms with E-state index in [9.17, 15) is 4.79 Å². The van der Waals surface area contributed by atoms with E-state index in [-0.39, 0.29) is 5.91 Å². The van der Waals surface area contributed by atoms with Crippen molar-refractivity contribution in [3.63, 3.8) is 0 Å². The maximum Gasteiger partial charge on any atom is 0.228 e. The first kappa shape index (κ1) is 17.1. The summed E-state index contributed by atoms with van der Waals surface area (Å²) in [6, 6.07) is 4.03. The van der Waals surface area contributed by atoms with Gasteiger partial charge in [0, 0.05) is 36.9 Å². The van der Waals surface area contributed by atoms with E-state index in [0.717, 1.165) is 37.5 Å². The number of carbonyl (C=O) groups excluding carboxylic acids is 1. The Labute approximate surface area is 148 Å². The lowest BCUT2D eigenvalue weighted by Gasteiger charge is -2.31. The first-order valence-corrected chi connectivity index (χ1v) is 9.56. The van der Waals surface area contributed by atoms with Crippen LogP contribution in [0.1, 0.15) is 35.4 Å². The Kier molecular flexibility index (Phi) is 5.63. The standard InChI is InChI=1S/C19H25N3OS/c1-3-21(4-2)13-15-11-20-12-16-14-22(8-7-18(15)16)19(23)10-17-6-5-9-24-17/h5-6,9,11-12H,3-4,7-8,10,13-14H2,1-2H3. The summed E-state index contributed by atoms with van der Waals surface area (Å²) < 4.78 is 0. The third-order valence-corrected chi connectivity index (χ3v) is 5.65. The molecule has 0 fully saturated rings. The molecule has 0 spiro atoms. The highest BCUT2D eigenvalue weighted by molar-refractivity contribution is 7.10. The van der Waals surface area contributed by atoms with Crippen LogP contribution < -0.4 is 0 Å². The maximum absolute atomic E-state index is 12.5. The fraction of sp³-hybridized carbons (Fsp3) is 0.474. The number of rotatable bonds is 6. The second-order valence-corrected chi connectivity index (χ2v) is 7.25. The van der Waals surface area contributed by atoms with Gasteiger partial charge < -0.3 is 4.90 Å². The van der Waals surface area contributed by atoms with Gasteiger partial charge in [0.1, 0.15) is 0 Å². The van der Waals surface area contributed by atoms with Crippen LogP contribution in [0, 0.1) is 0 Å². The maximum atomic E-state index is 12.5. The smallest absolute Gasteiger partial charge is 0.228 e. The predicted octanol–water partition coefficient (Wildman–Crippen LogP) is 3.11. The molecular weight excluding hydrogens is 318 g/mol. The first-order chi connectivity index (χ1) is 11.7. The van der Waals surface area contributed by atoms with Crippen LogP contribution in [0.5, 0.6) is 0 Å². The molecular formula is C19H25N3OS. The van der Waals surface area contributed by atoms with Gasteiger partial charge >= 0.3 is 0 Å². The van der Waals surface area contributed by atoms with Crippen LogP contribution in [0.25, 0.3) is 0 Å². The number of hydrogen-bond acceptors (Lipinski definition) is 4. The molecule has 3 rings (SSSR count). The van der Waals surface area contributed by atoms with Crippen molar-refractivity contribution in [2.75, 3.05) is 19.6 Å². The highest BCUT2D eigenvalue weighted by Crippen LogP contribution is 2.23. The molecule has 0 bridgehead atoms. The van der Waals surface area contributed by atoms with Gasteiger partial charge in [-0.3, -0.25) is 14.7 Å².